The number of nitrogens with zero attached hydrogens (tertiary/aromatic N) is 1. The van der Waals surface area contributed by atoms with Gasteiger partial charge in [0.25, 0.3) is 5.91 Å². The van der Waals surface area contributed by atoms with Gasteiger partial charge in [0, 0.05) is 17.1 Å². The minimum atomic E-state index is -1.19. The Morgan fingerprint density at radius 3 is 2.89 bits per heavy atom. The Bertz CT molecular complexity index is 530. The minimum Gasteiger partial charge on any atom is -0.477 e. The molecule has 0 saturated heterocycles. The van der Waals surface area contributed by atoms with E-state index >= 15 is 0 Å². The molecule has 6 nitrogen and oxygen atoms in total. The summed E-state index contributed by atoms with van der Waals surface area (Å²) in [6, 6.07) is 6.60. The molecule has 1 aliphatic heterocycles. The molecule has 1 heterocycles. The molecule has 1 unspecified atom stereocenters. The Hall–Kier alpha value is -2.08. The van der Waals surface area contributed by atoms with Crippen molar-refractivity contribution in [2.75, 3.05) is 5.32 Å². The molecule has 0 saturated carbocycles. The molecule has 1 aromatic rings. The number of halogens is 1. The molecular formula is C11H9ClN2O4. The number of hydrogen-bond acceptors (Lipinski definition) is 4. The molecule has 1 atom stereocenters. The predicted molar refractivity (Wildman–Crippen MR) is 64.6 cm³/mol. The second-order valence-corrected chi connectivity index (χ2v) is 4.08. The van der Waals surface area contributed by atoms with Crippen molar-refractivity contribution in [3.63, 3.8) is 0 Å². The molecule has 0 fully saturated rings. The van der Waals surface area contributed by atoms with Gasteiger partial charge in [-0.25, -0.2) is 4.79 Å². The first-order valence-electron chi connectivity index (χ1n) is 5.08. The summed E-state index contributed by atoms with van der Waals surface area (Å²) in [5, 5.41) is 15.1. The third kappa shape index (κ3) is 2.78. The molecule has 0 aliphatic carbocycles. The highest BCUT2D eigenvalue weighted by Gasteiger charge is 2.31. The van der Waals surface area contributed by atoms with Gasteiger partial charge in [-0.3, -0.25) is 4.79 Å². The average Bonchev–Trinajstić information content (AvgIpc) is 2.78. The third-order valence-corrected chi connectivity index (χ3v) is 2.54. The molecule has 0 radical (unpaired) electrons. The van der Waals surface area contributed by atoms with Crippen molar-refractivity contribution >= 4 is 34.9 Å². The van der Waals surface area contributed by atoms with Gasteiger partial charge >= 0.3 is 5.97 Å². The van der Waals surface area contributed by atoms with Crippen molar-refractivity contribution in [2.45, 2.75) is 12.5 Å². The van der Waals surface area contributed by atoms with Crippen molar-refractivity contribution in [2.24, 2.45) is 5.16 Å². The fraction of sp³-hybridized carbons (Fsp3) is 0.182. The second kappa shape index (κ2) is 5.05. The molecule has 1 aliphatic rings. The fourth-order valence-electron chi connectivity index (χ4n) is 1.43. The number of rotatable bonds is 3. The molecule has 94 valence electrons. The second-order valence-electron chi connectivity index (χ2n) is 3.64. The van der Waals surface area contributed by atoms with Gasteiger partial charge in [0.05, 0.1) is 0 Å². The summed E-state index contributed by atoms with van der Waals surface area (Å²) in [6.07, 6.45) is -0.975. The van der Waals surface area contributed by atoms with Crippen LogP contribution in [0.2, 0.25) is 5.02 Å². The highest BCUT2D eigenvalue weighted by molar-refractivity contribution is 6.36. The summed E-state index contributed by atoms with van der Waals surface area (Å²) >= 11 is 5.77. The highest BCUT2D eigenvalue weighted by atomic mass is 35.5. The van der Waals surface area contributed by atoms with Crippen LogP contribution in [0.3, 0.4) is 0 Å². The van der Waals surface area contributed by atoms with Crippen LogP contribution in [0, 0.1) is 0 Å². The lowest BCUT2D eigenvalue weighted by molar-refractivity contribution is -0.129. The van der Waals surface area contributed by atoms with Crippen molar-refractivity contribution in [3.8, 4) is 0 Å². The number of carbonyl (C=O) groups excluding carboxylic acids is 1. The number of amides is 1. The third-order valence-electron chi connectivity index (χ3n) is 2.30. The maximum Gasteiger partial charge on any atom is 0.353 e. The van der Waals surface area contributed by atoms with Crippen molar-refractivity contribution in [1.29, 1.82) is 0 Å². The van der Waals surface area contributed by atoms with Gasteiger partial charge in [0.2, 0.25) is 6.10 Å². The van der Waals surface area contributed by atoms with Crippen LogP contribution < -0.4 is 5.32 Å². The average molecular weight is 269 g/mol. The molecule has 2 N–H and O–H groups in total. The SMILES string of the molecule is O=C(O)C1=NOC(C(=O)Nc2cccc(Cl)c2)C1. The zero-order chi connectivity index (χ0) is 13.1. The normalized spacial score (nSPS) is 17.8. The number of hydrogen-bond donors (Lipinski definition) is 2. The molecule has 2 rings (SSSR count). The maximum atomic E-state index is 11.7. The lowest BCUT2D eigenvalue weighted by Crippen LogP contribution is -2.28. The van der Waals surface area contributed by atoms with Gasteiger partial charge in [-0.2, -0.15) is 0 Å². The van der Waals surface area contributed by atoms with E-state index in [1.54, 1.807) is 24.3 Å². The number of aliphatic carboxylic acids is 1. The van der Waals surface area contributed by atoms with E-state index in [4.69, 9.17) is 21.5 Å². The van der Waals surface area contributed by atoms with Crippen molar-refractivity contribution < 1.29 is 19.5 Å². The fourth-order valence-corrected chi connectivity index (χ4v) is 1.62. The number of benzene rings is 1. The lowest BCUT2D eigenvalue weighted by Gasteiger charge is -2.09. The van der Waals surface area contributed by atoms with E-state index in [9.17, 15) is 9.59 Å². The summed E-state index contributed by atoms with van der Waals surface area (Å²) < 4.78 is 0. The molecule has 1 aromatic carbocycles. The van der Waals surface area contributed by atoms with Gasteiger partial charge < -0.3 is 15.3 Å². The van der Waals surface area contributed by atoms with Crippen LogP contribution in [0.1, 0.15) is 6.42 Å². The number of anilines is 1. The summed E-state index contributed by atoms with van der Waals surface area (Å²) in [4.78, 5) is 27.1. The molecule has 0 spiro atoms. The van der Waals surface area contributed by atoms with Crippen LogP contribution in [0.5, 0.6) is 0 Å². The quantitative estimate of drug-likeness (QED) is 0.870. The van der Waals surface area contributed by atoms with Crippen LogP contribution in [0.4, 0.5) is 5.69 Å². The van der Waals surface area contributed by atoms with E-state index in [0.717, 1.165) is 0 Å². The topological polar surface area (TPSA) is 88.0 Å². The van der Waals surface area contributed by atoms with Gasteiger partial charge in [0.15, 0.2) is 5.71 Å². The van der Waals surface area contributed by atoms with E-state index in [2.05, 4.69) is 10.5 Å². The Balaban J connectivity index is 1.96. The lowest BCUT2D eigenvalue weighted by atomic mass is 10.1. The van der Waals surface area contributed by atoms with E-state index in [1.165, 1.54) is 0 Å². The highest BCUT2D eigenvalue weighted by Crippen LogP contribution is 2.17. The number of oxime groups is 1. The summed E-state index contributed by atoms with van der Waals surface area (Å²) in [5.41, 5.74) is 0.348. The first-order valence-corrected chi connectivity index (χ1v) is 5.46. The van der Waals surface area contributed by atoms with E-state index in [-0.39, 0.29) is 12.1 Å². The zero-order valence-electron chi connectivity index (χ0n) is 9.09. The summed E-state index contributed by atoms with van der Waals surface area (Å²) in [7, 11) is 0. The Kier molecular flexibility index (Phi) is 3.47. The van der Waals surface area contributed by atoms with Crippen LogP contribution in [0.15, 0.2) is 29.4 Å². The molecule has 1 amide bonds. The van der Waals surface area contributed by atoms with Crippen LogP contribution >= 0.6 is 11.6 Å². The molecule has 0 aromatic heterocycles. The van der Waals surface area contributed by atoms with Crippen LogP contribution in [-0.2, 0) is 14.4 Å². The van der Waals surface area contributed by atoms with Crippen LogP contribution in [0.25, 0.3) is 0 Å². The van der Waals surface area contributed by atoms with Crippen LogP contribution in [-0.4, -0.2) is 28.8 Å². The van der Waals surface area contributed by atoms with Gasteiger partial charge in [-0.15, -0.1) is 0 Å². The molecule has 7 heteroatoms. The molecular weight excluding hydrogens is 260 g/mol. The van der Waals surface area contributed by atoms with E-state index in [1.807, 2.05) is 0 Å². The van der Waals surface area contributed by atoms with Gasteiger partial charge in [0.1, 0.15) is 0 Å². The Labute approximate surface area is 107 Å². The first-order chi connectivity index (χ1) is 8.56. The molecule has 0 bridgehead atoms. The first kappa shape index (κ1) is 12.4. The standard InChI is InChI=1S/C11H9ClN2O4/c12-6-2-1-3-7(4-6)13-10(15)9-5-8(11(16)17)14-18-9/h1-4,9H,5H2,(H,13,15)(H,16,17). The van der Waals surface area contributed by atoms with Gasteiger partial charge in [-0.1, -0.05) is 22.8 Å². The monoisotopic (exact) mass is 268 g/mol. The van der Waals surface area contributed by atoms with E-state index < -0.39 is 18.0 Å². The predicted octanol–water partition coefficient (Wildman–Crippen LogP) is 1.51. The van der Waals surface area contributed by atoms with Gasteiger partial charge in [-0.05, 0) is 18.2 Å². The summed E-state index contributed by atoms with van der Waals surface area (Å²) in [5.74, 6) is -1.65. The number of carbonyl (C=O) groups is 2. The summed E-state index contributed by atoms with van der Waals surface area (Å²) in [6.45, 7) is 0. The Morgan fingerprint density at radius 1 is 1.50 bits per heavy atom. The van der Waals surface area contributed by atoms with E-state index in [0.29, 0.717) is 10.7 Å². The maximum absolute atomic E-state index is 11.7. The number of carboxylic acid groups (broad SMARTS) is 1. The smallest absolute Gasteiger partial charge is 0.353 e. The largest absolute Gasteiger partial charge is 0.477 e. The minimum absolute atomic E-state index is 0.0538. The van der Waals surface area contributed by atoms with Crippen molar-refractivity contribution in [1.82, 2.24) is 0 Å². The zero-order valence-corrected chi connectivity index (χ0v) is 9.85. The number of nitrogens with one attached hydrogen (secondary N) is 1. The molecule has 18 heavy (non-hydrogen) atoms. The number of carboxylic acids is 1. The Morgan fingerprint density at radius 2 is 2.28 bits per heavy atom. The van der Waals surface area contributed by atoms with Crippen molar-refractivity contribution in [3.05, 3.63) is 29.3 Å².